The summed E-state index contributed by atoms with van der Waals surface area (Å²) in [4.78, 5) is 5.38. The largest absolute Gasteiger partial charge is 1.00 e. The van der Waals surface area contributed by atoms with Crippen molar-refractivity contribution in [3.05, 3.63) is 126 Å². The molecule has 7 aromatic rings. The molecule has 0 bridgehead atoms. The van der Waals surface area contributed by atoms with Crippen molar-refractivity contribution < 1.29 is 148 Å². The summed E-state index contributed by atoms with van der Waals surface area (Å²) in [6.07, 6.45) is 0. The second kappa shape index (κ2) is 23.1. The van der Waals surface area contributed by atoms with Crippen LogP contribution in [0.15, 0.2) is 154 Å². The second-order valence-electron chi connectivity index (χ2n) is 14.6. The van der Waals surface area contributed by atoms with Crippen LogP contribution in [0.3, 0.4) is 0 Å². The molecule has 70 heavy (non-hydrogen) atoms. The van der Waals surface area contributed by atoms with Crippen molar-refractivity contribution in [2.24, 2.45) is 30.4 Å². The first-order valence-corrected chi connectivity index (χ1v) is 23.4. The molecule has 7 rings (SSSR count). The third-order valence-corrected chi connectivity index (χ3v) is 12.5. The van der Waals surface area contributed by atoms with Gasteiger partial charge in [0.05, 0.1) is 45.0 Å². The molecule has 344 valence electrons. The Bertz CT molecular complexity index is 3450. The molecule has 0 amide bonds. The number of benzene rings is 7. The zero-order chi connectivity index (χ0) is 48.6. The third-order valence-electron chi connectivity index (χ3n) is 9.94. The average Bonchev–Trinajstić information content (AvgIpc) is 3.24. The first kappa shape index (κ1) is 57.7. The Kier molecular flexibility index (Phi) is 19.1. The van der Waals surface area contributed by atoms with E-state index in [0.29, 0.717) is 22.5 Å². The quantitative estimate of drug-likeness (QED) is 0.0290. The fourth-order valence-electron chi connectivity index (χ4n) is 6.55. The summed E-state index contributed by atoms with van der Waals surface area (Å²) in [6.45, 7) is 4.79. The van der Waals surface area contributed by atoms with Gasteiger partial charge in [0.2, 0.25) is 0 Å². The molecule has 0 aliphatic heterocycles. The molecule has 0 aromatic heterocycles. The molecule has 0 saturated heterocycles. The molecule has 7 aromatic carbocycles. The van der Waals surface area contributed by atoms with Crippen molar-refractivity contribution in [3.8, 4) is 11.5 Å². The number of fused-ring (bicyclic) bond motifs is 2. The zero-order valence-electron chi connectivity index (χ0n) is 37.8. The maximum absolute atomic E-state index is 13.4. The summed E-state index contributed by atoms with van der Waals surface area (Å²) in [7, 11) is -15.0. The molecule has 0 unspecified atom stereocenters. The maximum Gasteiger partial charge on any atom is 1.00 e. The van der Waals surface area contributed by atoms with Crippen LogP contribution in [0, 0.1) is 20.8 Å². The molecule has 0 atom stereocenters. The van der Waals surface area contributed by atoms with E-state index in [9.17, 15) is 59.3 Å². The van der Waals surface area contributed by atoms with Gasteiger partial charge in [-0.25, -0.2) is 4.99 Å². The number of nitrogens with zero attached hydrogens (tertiary/aromatic N) is 6. The van der Waals surface area contributed by atoms with Gasteiger partial charge in [0, 0.05) is 16.9 Å². The minimum absolute atomic E-state index is 0. The molecule has 0 heterocycles. The molecule has 0 radical (unpaired) electrons. The molecule has 0 spiro atoms. The van der Waals surface area contributed by atoms with E-state index in [2.05, 4.69) is 41.1 Å². The van der Waals surface area contributed by atoms with Gasteiger partial charge in [0.1, 0.15) is 9.79 Å². The monoisotopic (exact) mass is 1030 g/mol. The SMILES string of the molecule is Cc1ccccc1N=Nc1c(S(=O)(=O)O)cc2cc(NC([O-])=Nc3cc(S(=O)(=O)O)cc(N=C(O)Nc4ccc5c([O-])c(N=Nc6ccccc6C)c(S(=O)(=O)O)cc5c4)c3C)ccc2c1[O-].[Na+].[Na+].[Na+]. The van der Waals surface area contributed by atoms with E-state index in [1.54, 1.807) is 62.4 Å². The second-order valence-corrected chi connectivity index (χ2v) is 18.8. The van der Waals surface area contributed by atoms with Gasteiger partial charge in [-0.1, -0.05) is 60.0 Å². The number of aliphatic imine (C=N–C) groups is 2. The van der Waals surface area contributed by atoms with Crippen molar-refractivity contribution >= 4 is 109 Å². The van der Waals surface area contributed by atoms with Gasteiger partial charge in [0.25, 0.3) is 36.4 Å². The number of hydrogen-bond donors (Lipinski definition) is 6. The van der Waals surface area contributed by atoms with Crippen molar-refractivity contribution in [3.63, 3.8) is 0 Å². The van der Waals surface area contributed by atoms with Gasteiger partial charge >= 0.3 is 88.7 Å². The number of aliphatic hydroxyl groups excluding tert-OH is 1. The fraction of sp³-hybridized carbons (Fsp3) is 0.0698. The van der Waals surface area contributed by atoms with Crippen molar-refractivity contribution in [1.82, 2.24) is 0 Å². The molecular formula is C43H33N8Na3O13S3. The first-order chi connectivity index (χ1) is 31.5. The van der Waals surface area contributed by atoms with Crippen LogP contribution in [0.4, 0.5) is 45.5 Å². The van der Waals surface area contributed by atoms with E-state index < -0.39 is 80.0 Å². The molecule has 0 aliphatic rings. The molecule has 27 heteroatoms. The Balaban J connectivity index is 0.00000355. The van der Waals surface area contributed by atoms with Gasteiger partial charge in [-0.15, -0.1) is 10.2 Å². The summed E-state index contributed by atoms with van der Waals surface area (Å²) in [6, 6.07) is 22.6. The minimum atomic E-state index is -5.03. The molecule has 0 saturated carbocycles. The Morgan fingerprint density at radius 1 is 0.514 bits per heavy atom. The fourth-order valence-corrected chi connectivity index (χ4v) is 8.37. The maximum atomic E-state index is 13.4. The number of aliphatic hydroxyl groups is 1. The van der Waals surface area contributed by atoms with Gasteiger partial charge in [-0.05, 0) is 114 Å². The van der Waals surface area contributed by atoms with Crippen LogP contribution in [0.1, 0.15) is 16.7 Å². The summed E-state index contributed by atoms with van der Waals surface area (Å²) < 4.78 is 104. The van der Waals surface area contributed by atoms with Crippen molar-refractivity contribution in [1.29, 1.82) is 0 Å². The standard InChI is InChI=1S/C43H36N8O13S3.3Na/c1-22-8-4-6-10-32(22)48-50-38-36(66(59,60)61)18-25-16-27(12-14-30(25)40(38)52)44-42(54)46-34-20-29(65(56,57)58)21-35(24(34)3)47-43(55)45-28-13-15-31-26(17-28)19-37(67(62,63)64)39(41(31)53)51-49-33-11-7-5-9-23(33)2;;;/h4-21,52-53H,1-3H3,(H2,44,46,54)(H2,45,47,55)(H,56,57,58)(H,59,60,61)(H,62,63,64);;;/q;3*+1/p-3. The molecular weight excluding hydrogens is 1000 g/mol. The average molecular weight is 1030 g/mol. The summed E-state index contributed by atoms with van der Waals surface area (Å²) >= 11 is 0. The number of nitrogens with one attached hydrogen (secondary N) is 2. The minimum Gasteiger partial charge on any atom is -0.871 e. The number of hydrogen-bond acceptors (Lipinski definition) is 15. The van der Waals surface area contributed by atoms with Crippen molar-refractivity contribution in [2.45, 2.75) is 35.5 Å². The van der Waals surface area contributed by atoms with Gasteiger partial charge in [0.15, 0.2) is 0 Å². The van der Waals surface area contributed by atoms with Crippen LogP contribution in [0.2, 0.25) is 0 Å². The van der Waals surface area contributed by atoms with Crippen LogP contribution in [0.25, 0.3) is 21.5 Å². The molecule has 0 aliphatic carbocycles. The predicted molar refractivity (Wildman–Crippen MR) is 242 cm³/mol. The van der Waals surface area contributed by atoms with E-state index >= 15 is 0 Å². The summed E-state index contributed by atoms with van der Waals surface area (Å²) in [5, 5.41) is 71.4. The van der Waals surface area contributed by atoms with E-state index in [-0.39, 0.29) is 139 Å². The molecule has 21 nitrogen and oxygen atoms in total. The van der Waals surface area contributed by atoms with Crippen molar-refractivity contribution in [2.75, 3.05) is 10.6 Å². The van der Waals surface area contributed by atoms with E-state index in [1.807, 2.05) is 0 Å². The first-order valence-electron chi connectivity index (χ1n) is 19.1. The zero-order valence-corrected chi connectivity index (χ0v) is 46.2. The number of anilines is 2. The normalized spacial score (nSPS) is 12.4. The number of aryl methyl sites for hydroxylation is 2. The summed E-state index contributed by atoms with van der Waals surface area (Å²) in [5.41, 5.74) is 0.0199. The molecule has 6 N–H and O–H groups in total. The Hall–Kier alpha value is -4.87. The number of azo groups is 2. The predicted octanol–water partition coefficient (Wildman–Crippen LogP) is -1.23. The Morgan fingerprint density at radius 3 is 1.34 bits per heavy atom. The van der Waals surface area contributed by atoms with Gasteiger partial charge < -0.3 is 31.1 Å². The van der Waals surface area contributed by atoms with Crippen LogP contribution < -0.4 is 115 Å². The Labute approximate surface area is 466 Å². The van der Waals surface area contributed by atoms with E-state index in [4.69, 9.17) is 0 Å². The number of amidine groups is 2. The van der Waals surface area contributed by atoms with Crippen LogP contribution in [-0.4, -0.2) is 56.1 Å². The third kappa shape index (κ3) is 13.3. The van der Waals surface area contributed by atoms with E-state index in [0.717, 1.165) is 24.3 Å². The smallest absolute Gasteiger partial charge is 0.871 e. The summed E-state index contributed by atoms with van der Waals surface area (Å²) in [5.74, 6) is -1.79. The topological polar surface area (TPSA) is 351 Å². The van der Waals surface area contributed by atoms with Crippen LogP contribution in [-0.2, 0) is 30.4 Å². The van der Waals surface area contributed by atoms with Gasteiger partial charge in [-0.3, -0.25) is 13.7 Å². The molecule has 0 fully saturated rings. The van der Waals surface area contributed by atoms with Crippen LogP contribution in [0.5, 0.6) is 11.5 Å². The number of rotatable bonds is 11. The van der Waals surface area contributed by atoms with Gasteiger partial charge in [-0.2, -0.15) is 40.5 Å². The Morgan fingerprint density at radius 2 is 0.929 bits per heavy atom. The van der Waals surface area contributed by atoms with E-state index in [1.165, 1.54) is 43.3 Å². The van der Waals surface area contributed by atoms with Crippen LogP contribution >= 0.6 is 0 Å².